The Morgan fingerprint density at radius 2 is 1.92 bits per heavy atom. The van der Waals surface area contributed by atoms with E-state index in [9.17, 15) is 4.79 Å². The van der Waals surface area contributed by atoms with Crippen LogP contribution in [-0.2, 0) is 9.53 Å². The van der Waals surface area contributed by atoms with Crippen molar-refractivity contribution in [3.63, 3.8) is 0 Å². The molecule has 1 saturated heterocycles. The third-order valence-corrected chi connectivity index (χ3v) is 2.42. The van der Waals surface area contributed by atoms with Crippen molar-refractivity contribution in [2.75, 3.05) is 0 Å². The molecule has 0 aliphatic carbocycles. The van der Waals surface area contributed by atoms with Crippen LogP contribution in [0.1, 0.15) is 44.9 Å². The first kappa shape index (κ1) is 10.3. The van der Waals surface area contributed by atoms with Crippen LogP contribution in [0.4, 0.5) is 0 Å². The molecule has 1 aliphatic rings. The molecule has 0 saturated carbocycles. The third kappa shape index (κ3) is 4.11. The molecule has 1 aliphatic heterocycles. The highest BCUT2D eigenvalue weighted by Crippen LogP contribution is 2.14. The summed E-state index contributed by atoms with van der Waals surface area (Å²) >= 11 is 0. The predicted octanol–water partition coefficient (Wildman–Crippen LogP) is 2.83. The summed E-state index contributed by atoms with van der Waals surface area (Å²) in [5.74, 6) is -0.0631. The molecule has 2 heteroatoms. The van der Waals surface area contributed by atoms with Gasteiger partial charge in [-0.25, -0.2) is 0 Å². The van der Waals surface area contributed by atoms with E-state index in [1.165, 1.54) is 12.8 Å². The van der Waals surface area contributed by atoms with Crippen LogP contribution < -0.4 is 0 Å². The van der Waals surface area contributed by atoms with Crippen molar-refractivity contribution in [1.29, 1.82) is 0 Å². The Labute approximate surface area is 80.0 Å². The summed E-state index contributed by atoms with van der Waals surface area (Å²) in [7, 11) is 0. The Hall–Kier alpha value is -0.790. The fourth-order valence-corrected chi connectivity index (χ4v) is 1.60. The van der Waals surface area contributed by atoms with Crippen LogP contribution >= 0.6 is 0 Å². The van der Waals surface area contributed by atoms with E-state index >= 15 is 0 Å². The fourth-order valence-electron chi connectivity index (χ4n) is 1.60. The van der Waals surface area contributed by atoms with Gasteiger partial charge in [0.15, 0.2) is 0 Å². The van der Waals surface area contributed by atoms with Crippen LogP contribution in [0, 0.1) is 0 Å². The number of rotatable bonds is 1. The molecule has 1 fully saturated rings. The summed E-state index contributed by atoms with van der Waals surface area (Å²) < 4.78 is 5.22. The topological polar surface area (TPSA) is 26.3 Å². The van der Waals surface area contributed by atoms with E-state index < -0.39 is 0 Å². The Kier molecular flexibility index (Phi) is 4.58. The van der Waals surface area contributed by atoms with Gasteiger partial charge in [0.2, 0.25) is 0 Å². The Morgan fingerprint density at radius 3 is 2.69 bits per heavy atom. The Balaban J connectivity index is 2.38. The molecular weight excluding hydrogens is 164 g/mol. The lowest BCUT2D eigenvalue weighted by atomic mass is 10.1. The van der Waals surface area contributed by atoms with Gasteiger partial charge in [-0.2, -0.15) is 0 Å². The zero-order chi connectivity index (χ0) is 9.52. The highest BCUT2D eigenvalue weighted by atomic mass is 16.5. The van der Waals surface area contributed by atoms with Gasteiger partial charge in [0, 0.05) is 6.42 Å². The monoisotopic (exact) mass is 182 g/mol. The van der Waals surface area contributed by atoms with Gasteiger partial charge in [-0.15, -0.1) is 0 Å². The molecule has 0 amide bonds. The molecule has 2 nitrogen and oxygen atoms in total. The molecule has 74 valence electrons. The largest absolute Gasteiger partial charge is 0.458 e. The van der Waals surface area contributed by atoms with Gasteiger partial charge in [-0.05, 0) is 19.3 Å². The van der Waals surface area contributed by atoms with Crippen LogP contribution in [0.15, 0.2) is 12.7 Å². The maximum atomic E-state index is 11.2. The second kappa shape index (κ2) is 5.79. The zero-order valence-corrected chi connectivity index (χ0v) is 8.13. The van der Waals surface area contributed by atoms with Gasteiger partial charge in [-0.3, -0.25) is 4.79 Å². The maximum Gasteiger partial charge on any atom is 0.306 e. The quantitative estimate of drug-likeness (QED) is 0.460. The van der Waals surface area contributed by atoms with Crippen LogP contribution in [0.3, 0.4) is 0 Å². The molecule has 0 unspecified atom stereocenters. The van der Waals surface area contributed by atoms with E-state index in [1.54, 1.807) is 6.08 Å². The number of ether oxygens (including phenoxy) is 1. The second-order valence-electron chi connectivity index (χ2n) is 3.57. The molecule has 0 aromatic heterocycles. The number of hydrogen-bond acceptors (Lipinski definition) is 2. The smallest absolute Gasteiger partial charge is 0.306 e. The molecule has 0 aromatic carbocycles. The lowest BCUT2D eigenvalue weighted by Crippen LogP contribution is -2.16. The van der Waals surface area contributed by atoms with Gasteiger partial charge < -0.3 is 4.74 Å². The van der Waals surface area contributed by atoms with Crippen LogP contribution in [0.2, 0.25) is 0 Å². The lowest BCUT2D eigenvalue weighted by Gasteiger charge is -2.15. The Bertz CT molecular complexity index is 175. The van der Waals surface area contributed by atoms with Crippen molar-refractivity contribution in [3.8, 4) is 0 Å². The van der Waals surface area contributed by atoms with Crippen LogP contribution in [-0.4, -0.2) is 12.1 Å². The van der Waals surface area contributed by atoms with E-state index in [4.69, 9.17) is 4.74 Å². The minimum atomic E-state index is -0.0631. The number of carbonyl (C=O) groups is 1. The average molecular weight is 182 g/mol. The maximum absolute atomic E-state index is 11.2. The molecular formula is C11H18O2. The summed E-state index contributed by atoms with van der Waals surface area (Å²) in [5.41, 5.74) is 0. The first-order chi connectivity index (χ1) is 6.33. The van der Waals surface area contributed by atoms with Gasteiger partial charge in [0.05, 0.1) is 0 Å². The van der Waals surface area contributed by atoms with Crippen molar-refractivity contribution < 1.29 is 9.53 Å². The van der Waals surface area contributed by atoms with Crippen LogP contribution in [0.25, 0.3) is 0 Å². The van der Waals surface area contributed by atoms with Crippen molar-refractivity contribution in [2.24, 2.45) is 0 Å². The zero-order valence-electron chi connectivity index (χ0n) is 8.13. The molecule has 1 rings (SSSR count). The number of hydrogen-bond donors (Lipinski definition) is 0. The van der Waals surface area contributed by atoms with Crippen molar-refractivity contribution in [3.05, 3.63) is 12.7 Å². The molecule has 0 N–H and O–H groups in total. The SMILES string of the molecule is C=C[C@H]1CCCCCCCC(=O)O1. The van der Waals surface area contributed by atoms with Gasteiger partial charge in [0.25, 0.3) is 0 Å². The third-order valence-electron chi connectivity index (χ3n) is 2.42. The molecule has 0 aromatic rings. The molecule has 0 radical (unpaired) electrons. The summed E-state index contributed by atoms with van der Waals surface area (Å²) in [5, 5.41) is 0. The molecule has 1 heterocycles. The van der Waals surface area contributed by atoms with E-state index in [2.05, 4.69) is 6.58 Å². The van der Waals surface area contributed by atoms with Crippen molar-refractivity contribution >= 4 is 5.97 Å². The van der Waals surface area contributed by atoms with Crippen LogP contribution in [0.5, 0.6) is 0 Å². The average Bonchev–Trinajstić information content (AvgIpc) is 2.15. The molecule has 0 bridgehead atoms. The lowest BCUT2D eigenvalue weighted by molar-refractivity contribution is -0.147. The number of esters is 1. The second-order valence-corrected chi connectivity index (χ2v) is 3.57. The normalized spacial score (nSPS) is 26.2. The van der Waals surface area contributed by atoms with E-state index in [-0.39, 0.29) is 12.1 Å². The number of cyclic esters (lactones) is 1. The molecule has 1 atom stereocenters. The first-order valence-electron chi connectivity index (χ1n) is 5.15. The highest BCUT2D eigenvalue weighted by Gasteiger charge is 2.11. The van der Waals surface area contributed by atoms with Gasteiger partial charge in [-0.1, -0.05) is 31.9 Å². The summed E-state index contributed by atoms with van der Waals surface area (Å²) in [4.78, 5) is 11.2. The summed E-state index contributed by atoms with van der Waals surface area (Å²) in [6.45, 7) is 3.67. The van der Waals surface area contributed by atoms with E-state index in [0.717, 1.165) is 25.7 Å². The summed E-state index contributed by atoms with van der Waals surface area (Å²) in [6.07, 6.45) is 8.98. The molecule has 13 heavy (non-hydrogen) atoms. The fraction of sp³-hybridized carbons (Fsp3) is 0.727. The minimum absolute atomic E-state index is 0.0504. The predicted molar refractivity (Wildman–Crippen MR) is 52.4 cm³/mol. The van der Waals surface area contributed by atoms with Gasteiger partial charge in [0.1, 0.15) is 6.10 Å². The van der Waals surface area contributed by atoms with E-state index in [1.807, 2.05) is 0 Å². The standard InChI is InChI=1S/C11H18O2/c1-2-10-8-6-4-3-5-7-9-11(12)13-10/h2,10H,1,3-9H2/t10-/m0/s1. The van der Waals surface area contributed by atoms with Crippen molar-refractivity contribution in [2.45, 2.75) is 51.0 Å². The molecule has 0 spiro atoms. The number of carbonyl (C=O) groups excluding carboxylic acids is 1. The summed E-state index contributed by atoms with van der Waals surface area (Å²) in [6, 6.07) is 0. The Morgan fingerprint density at radius 1 is 1.23 bits per heavy atom. The van der Waals surface area contributed by atoms with Crippen molar-refractivity contribution in [1.82, 2.24) is 0 Å². The minimum Gasteiger partial charge on any atom is -0.458 e. The first-order valence-corrected chi connectivity index (χ1v) is 5.15. The van der Waals surface area contributed by atoms with E-state index in [0.29, 0.717) is 6.42 Å². The highest BCUT2D eigenvalue weighted by molar-refractivity contribution is 5.69. The van der Waals surface area contributed by atoms with Gasteiger partial charge >= 0.3 is 5.97 Å².